The monoisotopic (exact) mass is 583 g/mol. The molecule has 1 aliphatic rings. The first-order valence-corrected chi connectivity index (χ1v) is 14.9. The molecule has 0 radical (unpaired) electrons. The number of fused-ring (bicyclic) bond motifs is 1. The summed E-state index contributed by atoms with van der Waals surface area (Å²) in [6.07, 6.45) is -4.81. The number of thiophene rings is 1. The number of hydrogen-bond acceptors (Lipinski definition) is 8. The molecule has 39 heavy (non-hydrogen) atoms. The van der Waals surface area contributed by atoms with Gasteiger partial charge < -0.3 is 20.3 Å². The average molecular weight is 584 g/mol. The number of pyridine rings is 1. The standard InChI is InChI=1S/C26H29F4N5O2S2/c1-35-13-11-19(18(27)15-35)33-20-7-4-6-16-17(14-26(28,29)30)22(38-24(16)20)8-5-12-32-21-9-10-23(39(3,31)36)34-25(21)37-2/h4,6-7,9-10,18-19,31-33H,11-15H2,1-3H3/t18-,19-,39?/m0/s1. The molecule has 0 amide bonds. The van der Waals surface area contributed by atoms with Crippen LogP contribution in [0.3, 0.4) is 0 Å². The van der Waals surface area contributed by atoms with Crippen LogP contribution in [-0.2, 0) is 16.1 Å². The Kier molecular flexibility index (Phi) is 8.58. The quantitative estimate of drug-likeness (QED) is 0.256. The molecule has 1 saturated heterocycles. The highest BCUT2D eigenvalue weighted by Gasteiger charge is 2.32. The third-order valence-electron chi connectivity index (χ3n) is 6.28. The Morgan fingerprint density at radius 3 is 2.72 bits per heavy atom. The first-order chi connectivity index (χ1) is 18.4. The van der Waals surface area contributed by atoms with Crippen molar-refractivity contribution in [3.63, 3.8) is 0 Å². The number of nitrogens with zero attached hydrogens (tertiary/aromatic N) is 2. The minimum atomic E-state index is -4.43. The first kappa shape index (κ1) is 28.9. The maximum absolute atomic E-state index is 14.7. The van der Waals surface area contributed by atoms with Crippen molar-refractivity contribution < 1.29 is 26.5 Å². The SMILES string of the molecule is COc1nc(S(C)(=N)=O)ccc1NCC#Cc1sc2c(N[C@H]3CCN(C)C[C@@H]3F)cccc2c1CC(F)(F)F. The fourth-order valence-electron chi connectivity index (χ4n) is 4.37. The van der Waals surface area contributed by atoms with E-state index < -0.39 is 34.5 Å². The lowest BCUT2D eigenvalue weighted by molar-refractivity contribution is -0.126. The van der Waals surface area contributed by atoms with Gasteiger partial charge in [0.25, 0.3) is 0 Å². The van der Waals surface area contributed by atoms with Crippen LogP contribution in [0.25, 0.3) is 10.1 Å². The summed E-state index contributed by atoms with van der Waals surface area (Å²) in [4.78, 5) is 6.30. The Morgan fingerprint density at radius 2 is 2.05 bits per heavy atom. The average Bonchev–Trinajstić information content (AvgIpc) is 3.19. The molecule has 13 heteroatoms. The largest absolute Gasteiger partial charge is 0.479 e. The van der Waals surface area contributed by atoms with Gasteiger partial charge in [0.05, 0.1) is 56.8 Å². The Balaban J connectivity index is 1.61. The maximum Gasteiger partial charge on any atom is 0.393 e. The lowest BCUT2D eigenvalue weighted by Gasteiger charge is -2.33. The van der Waals surface area contributed by atoms with Gasteiger partial charge in [-0.1, -0.05) is 24.0 Å². The molecule has 7 nitrogen and oxygen atoms in total. The van der Waals surface area contributed by atoms with Crippen LogP contribution in [0.5, 0.6) is 5.88 Å². The van der Waals surface area contributed by atoms with Gasteiger partial charge in [0, 0.05) is 19.3 Å². The molecule has 1 aliphatic heterocycles. The normalized spacial score (nSPS) is 19.7. The van der Waals surface area contributed by atoms with Crippen molar-refractivity contribution >= 4 is 42.5 Å². The van der Waals surface area contributed by atoms with Crippen LogP contribution < -0.4 is 15.4 Å². The third kappa shape index (κ3) is 7.12. The maximum atomic E-state index is 14.7. The van der Waals surface area contributed by atoms with Crippen molar-refractivity contribution in [3.8, 4) is 17.7 Å². The van der Waals surface area contributed by atoms with E-state index in [0.29, 0.717) is 39.3 Å². The van der Waals surface area contributed by atoms with Crippen LogP contribution in [0, 0.1) is 16.6 Å². The second-order valence-corrected chi connectivity index (χ2v) is 12.5. The Labute approximate surface area is 228 Å². The fourth-order valence-corrected chi connectivity index (χ4v) is 6.13. The van der Waals surface area contributed by atoms with E-state index in [1.165, 1.54) is 19.4 Å². The molecule has 3 N–H and O–H groups in total. The van der Waals surface area contributed by atoms with Gasteiger partial charge in [0.1, 0.15) is 11.2 Å². The summed E-state index contributed by atoms with van der Waals surface area (Å²) < 4.78 is 80.7. The van der Waals surface area contributed by atoms with Crippen molar-refractivity contribution in [3.05, 3.63) is 40.8 Å². The van der Waals surface area contributed by atoms with Crippen molar-refractivity contribution in [2.24, 2.45) is 0 Å². The number of alkyl halides is 4. The molecule has 210 valence electrons. The summed E-state index contributed by atoms with van der Waals surface area (Å²) in [5.41, 5.74) is 1.13. The van der Waals surface area contributed by atoms with Crippen LogP contribution >= 0.6 is 11.3 Å². The minimum Gasteiger partial charge on any atom is -0.479 e. The lowest BCUT2D eigenvalue weighted by Crippen LogP contribution is -2.46. The highest BCUT2D eigenvalue weighted by Crippen LogP contribution is 2.39. The molecule has 0 spiro atoms. The van der Waals surface area contributed by atoms with Gasteiger partial charge in [-0.15, -0.1) is 11.3 Å². The molecular formula is C26H29F4N5O2S2. The summed E-state index contributed by atoms with van der Waals surface area (Å²) >= 11 is 1.15. The highest BCUT2D eigenvalue weighted by atomic mass is 32.2. The zero-order valence-electron chi connectivity index (χ0n) is 21.6. The number of benzene rings is 1. The van der Waals surface area contributed by atoms with Crippen molar-refractivity contribution in [2.75, 3.05) is 50.7 Å². The van der Waals surface area contributed by atoms with Gasteiger partial charge >= 0.3 is 6.18 Å². The smallest absolute Gasteiger partial charge is 0.393 e. The van der Waals surface area contributed by atoms with Crippen LogP contribution in [-0.4, -0.2) is 72.5 Å². The number of anilines is 2. The molecule has 4 rings (SSSR count). The lowest BCUT2D eigenvalue weighted by atomic mass is 10.0. The number of rotatable bonds is 7. The topological polar surface area (TPSA) is 90.3 Å². The number of ether oxygens (including phenoxy) is 1. The highest BCUT2D eigenvalue weighted by molar-refractivity contribution is 7.91. The molecule has 3 aromatic rings. The van der Waals surface area contributed by atoms with Gasteiger partial charge in [-0.3, -0.25) is 0 Å². The molecule has 0 bridgehead atoms. The number of methoxy groups -OCH3 is 1. The summed E-state index contributed by atoms with van der Waals surface area (Å²) in [5, 5.41) is 6.74. The van der Waals surface area contributed by atoms with Crippen molar-refractivity contribution in [1.82, 2.24) is 9.88 Å². The van der Waals surface area contributed by atoms with Gasteiger partial charge in [0.2, 0.25) is 5.88 Å². The molecule has 0 saturated carbocycles. The van der Waals surface area contributed by atoms with Crippen molar-refractivity contribution in [1.29, 1.82) is 4.78 Å². The Bertz CT molecular complexity index is 1510. The predicted molar refractivity (Wildman–Crippen MR) is 147 cm³/mol. The molecule has 2 aromatic heterocycles. The molecular weight excluding hydrogens is 554 g/mol. The fraction of sp³-hybridized carbons (Fsp3) is 0.423. The summed E-state index contributed by atoms with van der Waals surface area (Å²) in [5.74, 6) is 5.87. The van der Waals surface area contributed by atoms with Gasteiger partial charge in [-0.2, -0.15) is 13.2 Å². The van der Waals surface area contributed by atoms with E-state index in [-0.39, 0.29) is 23.0 Å². The number of piperidine rings is 1. The van der Waals surface area contributed by atoms with Crippen LogP contribution in [0.4, 0.5) is 28.9 Å². The van der Waals surface area contributed by atoms with Gasteiger partial charge in [-0.05, 0) is 42.6 Å². The molecule has 3 atom stereocenters. The van der Waals surface area contributed by atoms with E-state index >= 15 is 0 Å². The van der Waals surface area contributed by atoms with Crippen LogP contribution in [0.2, 0.25) is 0 Å². The number of halogens is 4. The molecule has 1 fully saturated rings. The number of aromatic nitrogens is 1. The molecule has 3 heterocycles. The number of nitrogens with one attached hydrogen (secondary N) is 3. The summed E-state index contributed by atoms with van der Waals surface area (Å²) in [7, 11) is 0.208. The van der Waals surface area contributed by atoms with E-state index in [1.807, 2.05) is 11.9 Å². The molecule has 1 aromatic carbocycles. The summed E-state index contributed by atoms with van der Waals surface area (Å²) in [6.45, 7) is 1.10. The van der Waals surface area contributed by atoms with Crippen molar-refractivity contribution in [2.45, 2.75) is 36.3 Å². The second-order valence-electron chi connectivity index (χ2n) is 9.41. The van der Waals surface area contributed by atoms with Crippen LogP contribution in [0.1, 0.15) is 16.9 Å². The Morgan fingerprint density at radius 1 is 1.28 bits per heavy atom. The van der Waals surface area contributed by atoms with Gasteiger partial charge in [0.15, 0.2) is 0 Å². The first-order valence-electron chi connectivity index (χ1n) is 12.1. The minimum absolute atomic E-state index is 0.0711. The van der Waals surface area contributed by atoms with E-state index in [4.69, 9.17) is 9.52 Å². The van der Waals surface area contributed by atoms with E-state index in [0.717, 1.165) is 17.9 Å². The van der Waals surface area contributed by atoms with E-state index in [1.54, 1.807) is 24.3 Å². The number of likely N-dealkylation sites (tertiary alicyclic amines) is 1. The molecule has 0 aliphatic carbocycles. The Hall–Kier alpha value is -3.08. The van der Waals surface area contributed by atoms with E-state index in [2.05, 4.69) is 27.5 Å². The third-order valence-corrected chi connectivity index (χ3v) is 8.50. The van der Waals surface area contributed by atoms with Gasteiger partial charge in [-0.25, -0.2) is 18.4 Å². The summed E-state index contributed by atoms with van der Waals surface area (Å²) in [6, 6.07) is 7.65. The van der Waals surface area contributed by atoms with E-state index in [9.17, 15) is 21.8 Å². The zero-order chi connectivity index (χ0) is 28.4. The van der Waals surface area contributed by atoms with Crippen LogP contribution in [0.15, 0.2) is 35.4 Å². The second kappa shape index (κ2) is 11.6. The zero-order valence-corrected chi connectivity index (χ0v) is 23.2. The number of hydrogen-bond donors (Lipinski definition) is 3. The predicted octanol–water partition coefficient (Wildman–Crippen LogP) is 5.36. The molecule has 1 unspecified atom stereocenters.